The van der Waals surface area contributed by atoms with E-state index >= 15 is 0 Å². The van der Waals surface area contributed by atoms with E-state index in [1.807, 2.05) is 13.8 Å². The van der Waals surface area contributed by atoms with Crippen molar-refractivity contribution in [3.8, 4) is 17.2 Å². The molecule has 1 aliphatic heterocycles. The number of benzene rings is 2. The van der Waals surface area contributed by atoms with Crippen molar-refractivity contribution in [1.29, 1.82) is 0 Å². The molecule has 0 saturated carbocycles. The van der Waals surface area contributed by atoms with Crippen molar-refractivity contribution < 1.29 is 31.6 Å². The van der Waals surface area contributed by atoms with Gasteiger partial charge in [0, 0.05) is 25.7 Å². The van der Waals surface area contributed by atoms with Gasteiger partial charge in [-0.2, -0.15) is 8.42 Å². The number of urea groups is 1. The third-order valence-electron chi connectivity index (χ3n) is 5.30. The average molecular weight is 493 g/mol. The van der Waals surface area contributed by atoms with Gasteiger partial charge in [-0.25, -0.2) is 4.79 Å². The molecule has 1 atom stereocenters. The van der Waals surface area contributed by atoms with Gasteiger partial charge in [-0.15, -0.1) is 0 Å². The maximum absolute atomic E-state index is 12.9. The van der Waals surface area contributed by atoms with Gasteiger partial charge >= 0.3 is 16.1 Å². The molecule has 186 valence electrons. The van der Waals surface area contributed by atoms with Crippen LogP contribution in [0.4, 0.5) is 4.79 Å². The molecule has 10 heteroatoms. The molecule has 0 spiro atoms. The highest BCUT2D eigenvalue weighted by Crippen LogP contribution is 2.32. The quantitative estimate of drug-likeness (QED) is 0.506. The van der Waals surface area contributed by atoms with Crippen LogP contribution in [0.2, 0.25) is 0 Å². The smallest absolute Gasteiger partial charge is 0.339 e. The van der Waals surface area contributed by atoms with Crippen molar-refractivity contribution in [3.05, 3.63) is 48.0 Å². The zero-order chi connectivity index (χ0) is 24.7. The topological polar surface area (TPSA) is 103 Å². The predicted octanol–water partition coefficient (Wildman–Crippen LogP) is 3.57. The molecule has 1 aliphatic rings. The van der Waals surface area contributed by atoms with Crippen LogP contribution in [0, 0.1) is 0 Å². The Kier molecular flexibility index (Phi) is 8.62. The molecule has 1 heterocycles. The SMILES string of the molecule is COc1ccc(S(=O)(=O)Oc2cc(CN(CC3CCCO3)C(=O)NC(C)C)ccc2OC)cc1. The van der Waals surface area contributed by atoms with E-state index in [0.29, 0.717) is 24.5 Å². The van der Waals surface area contributed by atoms with Crippen LogP contribution in [-0.2, 0) is 21.4 Å². The van der Waals surface area contributed by atoms with Gasteiger partial charge < -0.3 is 28.6 Å². The molecule has 2 aromatic rings. The highest BCUT2D eigenvalue weighted by atomic mass is 32.2. The van der Waals surface area contributed by atoms with Crippen LogP contribution in [0.3, 0.4) is 0 Å². The second-order valence-corrected chi connectivity index (χ2v) is 9.86. The fourth-order valence-electron chi connectivity index (χ4n) is 3.61. The second kappa shape index (κ2) is 11.4. The molecule has 0 aliphatic carbocycles. The van der Waals surface area contributed by atoms with Crippen molar-refractivity contribution in [3.63, 3.8) is 0 Å². The summed E-state index contributed by atoms with van der Waals surface area (Å²) >= 11 is 0. The summed E-state index contributed by atoms with van der Waals surface area (Å²) in [5.41, 5.74) is 0.692. The summed E-state index contributed by atoms with van der Waals surface area (Å²) in [4.78, 5) is 14.5. The number of carbonyl (C=O) groups excluding carboxylic acids is 1. The van der Waals surface area contributed by atoms with Gasteiger partial charge in [0.1, 0.15) is 10.6 Å². The first-order valence-electron chi connectivity index (χ1n) is 11.1. The Balaban J connectivity index is 1.83. The van der Waals surface area contributed by atoms with E-state index in [2.05, 4.69) is 5.32 Å². The number of rotatable bonds is 10. The summed E-state index contributed by atoms with van der Waals surface area (Å²) in [6.45, 7) is 5.16. The molecular formula is C24H32N2O7S. The number of hydrogen-bond donors (Lipinski definition) is 1. The van der Waals surface area contributed by atoms with E-state index in [1.54, 1.807) is 35.2 Å². The van der Waals surface area contributed by atoms with Gasteiger partial charge in [-0.05, 0) is 68.7 Å². The number of nitrogens with zero attached hydrogens (tertiary/aromatic N) is 1. The molecule has 0 aromatic heterocycles. The van der Waals surface area contributed by atoms with Crippen LogP contribution in [-0.4, -0.2) is 58.9 Å². The first kappa shape index (κ1) is 25.6. The molecule has 1 N–H and O–H groups in total. The number of ether oxygens (including phenoxy) is 3. The Morgan fingerprint density at radius 2 is 1.85 bits per heavy atom. The van der Waals surface area contributed by atoms with Crippen molar-refractivity contribution >= 4 is 16.1 Å². The summed E-state index contributed by atoms with van der Waals surface area (Å²) in [6, 6.07) is 10.6. The number of nitrogens with one attached hydrogen (secondary N) is 1. The Hall–Kier alpha value is -2.98. The minimum atomic E-state index is -4.12. The van der Waals surface area contributed by atoms with Gasteiger partial charge in [0.15, 0.2) is 11.5 Å². The molecule has 1 saturated heterocycles. The number of hydrogen-bond acceptors (Lipinski definition) is 7. The van der Waals surface area contributed by atoms with Gasteiger partial charge in [0.25, 0.3) is 0 Å². The fraction of sp³-hybridized carbons (Fsp3) is 0.458. The molecule has 2 amide bonds. The van der Waals surface area contributed by atoms with Crippen LogP contribution in [0.5, 0.6) is 17.2 Å². The third-order valence-corrected chi connectivity index (χ3v) is 6.54. The molecule has 1 unspecified atom stereocenters. The molecule has 0 radical (unpaired) electrons. The molecule has 3 rings (SSSR count). The van der Waals surface area contributed by atoms with E-state index in [-0.39, 0.29) is 41.1 Å². The van der Waals surface area contributed by atoms with Crippen LogP contribution in [0.15, 0.2) is 47.4 Å². The van der Waals surface area contributed by atoms with Gasteiger partial charge in [0.2, 0.25) is 0 Å². The molecule has 0 bridgehead atoms. The monoisotopic (exact) mass is 492 g/mol. The zero-order valence-electron chi connectivity index (χ0n) is 19.9. The fourth-order valence-corrected chi connectivity index (χ4v) is 4.54. The lowest BCUT2D eigenvalue weighted by molar-refractivity contribution is 0.0791. The Morgan fingerprint density at radius 1 is 1.12 bits per heavy atom. The first-order chi connectivity index (χ1) is 16.2. The third kappa shape index (κ3) is 6.77. The zero-order valence-corrected chi connectivity index (χ0v) is 20.8. The van der Waals surface area contributed by atoms with Crippen molar-refractivity contribution in [1.82, 2.24) is 10.2 Å². The molecule has 2 aromatic carbocycles. The van der Waals surface area contributed by atoms with E-state index in [0.717, 1.165) is 12.8 Å². The van der Waals surface area contributed by atoms with Crippen LogP contribution >= 0.6 is 0 Å². The second-order valence-electron chi connectivity index (χ2n) is 8.32. The van der Waals surface area contributed by atoms with Crippen LogP contribution in [0.1, 0.15) is 32.3 Å². The highest BCUT2D eigenvalue weighted by Gasteiger charge is 2.24. The van der Waals surface area contributed by atoms with Crippen LogP contribution in [0.25, 0.3) is 0 Å². The first-order valence-corrected chi connectivity index (χ1v) is 12.5. The van der Waals surface area contributed by atoms with E-state index in [4.69, 9.17) is 18.4 Å². The number of amides is 2. The van der Waals surface area contributed by atoms with E-state index in [1.165, 1.54) is 26.4 Å². The summed E-state index contributed by atoms with van der Waals surface area (Å²) in [7, 11) is -1.18. The lowest BCUT2D eigenvalue weighted by Crippen LogP contribution is -2.45. The number of methoxy groups -OCH3 is 2. The van der Waals surface area contributed by atoms with E-state index in [9.17, 15) is 13.2 Å². The summed E-state index contributed by atoms with van der Waals surface area (Å²) < 4.78 is 47.2. The van der Waals surface area contributed by atoms with Gasteiger partial charge in [0.05, 0.1) is 20.3 Å². The molecule has 9 nitrogen and oxygen atoms in total. The Bertz CT molecular complexity index is 1070. The maximum atomic E-state index is 12.9. The number of carbonyl (C=O) groups is 1. The minimum Gasteiger partial charge on any atom is -0.497 e. The van der Waals surface area contributed by atoms with Crippen molar-refractivity contribution in [2.24, 2.45) is 0 Å². The van der Waals surface area contributed by atoms with Crippen molar-refractivity contribution in [2.75, 3.05) is 27.4 Å². The van der Waals surface area contributed by atoms with Gasteiger partial charge in [-0.3, -0.25) is 0 Å². The van der Waals surface area contributed by atoms with Crippen LogP contribution < -0.4 is 19.0 Å². The predicted molar refractivity (Wildman–Crippen MR) is 127 cm³/mol. The summed E-state index contributed by atoms with van der Waals surface area (Å²) in [5.74, 6) is 0.833. The Labute approximate surface area is 201 Å². The van der Waals surface area contributed by atoms with Gasteiger partial charge in [-0.1, -0.05) is 6.07 Å². The summed E-state index contributed by atoms with van der Waals surface area (Å²) in [5, 5.41) is 2.91. The average Bonchev–Trinajstić information content (AvgIpc) is 3.31. The van der Waals surface area contributed by atoms with E-state index < -0.39 is 10.1 Å². The lowest BCUT2D eigenvalue weighted by atomic mass is 10.1. The largest absolute Gasteiger partial charge is 0.497 e. The highest BCUT2D eigenvalue weighted by molar-refractivity contribution is 7.87. The maximum Gasteiger partial charge on any atom is 0.339 e. The lowest BCUT2D eigenvalue weighted by Gasteiger charge is -2.27. The Morgan fingerprint density at radius 3 is 2.44 bits per heavy atom. The normalized spacial score (nSPS) is 15.7. The molecule has 1 fully saturated rings. The molecule has 34 heavy (non-hydrogen) atoms. The summed E-state index contributed by atoms with van der Waals surface area (Å²) in [6.07, 6.45) is 1.83. The minimum absolute atomic E-state index is 0.0166. The van der Waals surface area contributed by atoms with Crippen molar-refractivity contribution in [2.45, 2.75) is 50.3 Å². The molecular weight excluding hydrogens is 460 g/mol. The standard InChI is InChI=1S/C24H32N2O7S/c1-17(2)25-24(27)26(16-20-6-5-13-32-20)15-18-7-12-22(31-4)23(14-18)33-34(28,29)21-10-8-19(30-3)9-11-21/h7-12,14,17,20H,5-6,13,15-16H2,1-4H3,(H,25,27).